The molecular weight excluding hydrogens is 184 g/mol. The van der Waals surface area contributed by atoms with Crippen LogP contribution in [0.15, 0.2) is 0 Å². The molecule has 0 heterocycles. The van der Waals surface area contributed by atoms with Crippen LogP contribution in [0.5, 0.6) is 0 Å². The molecule has 0 N–H and O–H groups in total. The van der Waals surface area contributed by atoms with Crippen LogP contribution in [0.2, 0.25) is 0 Å². The lowest BCUT2D eigenvalue weighted by molar-refractivity contribution is 0.000775. The molecule has 0 amide bonds. The van der Waals surface area contributed by atoms with Gasteiger partial charge in [0, 0.05) is 5.92 Å². The summed E-state index contributed by atoms with van der Waals surface area (Å²) in [6.07, 6.45) is 11.1. The van der Waals surface area contributed by atoms with E-state index in [-0.39, 0.29) is 5.60 Å². The summed E-state index contributed by atoms with van der Waals surface area (Å²) in [5.74, 6) is 1.65. The first-order chi connectivity index (χ1) is 7.08. The molecule has 1 heteroatoms. The molecule has 1 fully saturated rings. The van der Waals surface area contributed by atoms with Crippen LogP contribution in [0.1, 0.15) is 72.1 Å². The third-order valence-corrected chi connectivity index (χ3v) is 3.02. The van der Waals surface area contributed by atoms with Gasteiger partial charge in [-0.15, -0.1) is 0 Å². The molecule has 0 atom stereocenters. The van der Waals surface area contributed by atoms with Crippen molar-refractivity contribution in [2.24, 2.45) is 0 Å². The summed E-state index contributed by atoms with van der Waals surface area (Å²) in [6.45, 7) is 7.32. The largest absolute Gasteiger partial charge is 0.375 e. The molecule has 0 bridgehead atoms. The van der Waals surface area contributed by atoms with Crippen LogP contribution in [-0.4, -0.2) is 12.2 Å². The molecule has 0 unspecified atom stereocenters. The molecule has 1 rings (SSSR count). The van der Waals surface area contributed by atoms with Crippen molar-refractivity contribution >= 4 is 0 Å². The Kier molecular flexibility index (Phi) is 5.66. The average molecular weight is 211 g/mol. The zero-order valence-electron chi connectivity index (χ0n) is 10.8. The Morgan fingerprint density at radius 1 is 0.867 bits per heavy atom. The van der Waals surface area contributed by atoms with E-state index in [2.05, 4.69) is 20.8 Å². The number of hydrogen-bond donors (Lipinski definition) is 0. The molecule has 1 nitrogen and oxygen atoms in total. The molecule has 0 aliphatic heterocycles. The van der Waals surface area contributed by atoms with Crippen LogP contribution in [-0.2, 0) is 4.74 Å². The van der Waals surface area contributed by atoms with Crippen LogP contribution >= 0.6 is 0 Å². The molecule has 15 heavy (non-hydrogen) atoms. The van der Waals surface area contributed by atoms with E-state index in [1.807, 2.05) is 0 Å². The number of rotatable bonds is 2. The summed E-state index contributed by atoms with van der Waals surface area (Å²) in [6, 6.07) is 0. The lowest BCUT2D eigenvalue weighted by Gasteiger charge is -2.24. The second kappa shape index (κ2) is 6.52. The average Bonchev–Trinajstić information content (AvgIpc) is 2.26. The molecule has 1 aliphatic carbocycles. The summed E-state index contributed by atoms with van der Waals surface area (Å²) in [5, 5.41) is 0. The Hall–Kier alpha value is -0.0400. The van der Waals surface area contributed by atoms with Crippen molar-refractivity contribution in [3.8, 4) is 0 Å². The normalized spacial score (nSPS) is 21.8. The van der Waals surface area contributed by atoms with Gasteiger partial charge in [-0.2, -0.15) is 0 Å². The smallest absolute Gasteiger partial charge is 0.0598 e. The minimum Gasteiger partial charge on any atom is -0.375 e. The van der Waals surface area contributed by atoms with Crippen LogP contribution in [0.25, 0.3) is 0 Å². The minimum atomic E-state index is 0.0193. The summed E-state index contributed by atoms with van der Waals surface area (Å²) in [5.41, 5.74) is 0.0193. The molecule has 0 aromatic heterocycles. The van der Waals surface area contributed by atoms with Gasteiger partial charge in [-0.05, 0) is 33.6 Å². The van der Waals surface area contributed by atoms with Gasteiger partial charge in [0.25, 0.3) is 0 Å². The van der Waals surface area contributed by atoms with Gasteiger partial charge in [0.05, 0.1) is 12.2 Å². The summed E-state index contributed by atoms with van der Waals surface area (Å²) >= 11 is 0. The van der Waals surface area contributed by atoms with Crippen molar-refractivity contribution < 1.29 is 4.74 Å². The Bertz CT molecular complexity index is 147. The molecule has 0 saturated heterocycles. The lowest BCUT2D eigenvalue weighted by Crippen LogP contribution is -2.22. The molecule has 1 saturated carbocycles. The van der Waals surface area contributed by atoms with E-state index in [1.54, 1.807) is 5.92 Å². The first kappa shape index (κ1) is 13.0. The molecule has 0 aromatic carbocycles. The number of ether oxygens (including phenoxy) is 1. The van der Waals surface area contributed by atoms with Gasteiger partial charge in [-0.3, -0.25) is 0 Å². The monoisotopic (exact) mass is 211 g/mol. The molecule has 1 aliphatic rings. The Labute approximate surface area is 95.6 Å². The standard InChI is InChI=1S/C14H27O/c1-14(2,3)15-12-13-10-8-6-4-5-7-9-11-13/h4-12H2,1-3H3. The Morgan fingerprint density at radius 3 is 1.80 bits per heavy atom. The minimum absolute atomic E-state index is 0.0193. The van der Waals surface area contributed by atoms with E-state index in [0.717, 1.165) is 6.61 Å². The fourth-order valence-corrected chi connectivity index (χ4v) is 2.05. The third-order valence-electron chi connectivity index (χ3n) is 3.02. The van der Waals surface area contributed by atoms with E-state index in [1.165, 1.54) is 51.4 Å². The fraction of sp³-hybridized carbons (Fsp3) is 0.929. The van der Waals surface area contributed by atoms with Crippen molar-refractivity contribution in [1.82, 2.24) is 0 Å². The second-order valence-electron chi connectivity index (χ2n) is 5.77. The van der Waals surface area contributed by atoms with E-state index >= 15 is 0 Å². The highest BCUT2D eigenvalue weighted by molar-refractivity contribution is 4.90. The maximum Gasteiger partial charge on any atom is 0.0598 e. The lowest BCUT2D eigenvalue weighted by atomic mass is 9.97. The van der Waals surface area contributed by atoms with Gasteiger partial charge >= 0.3 is 0 Å². The van der Waals surface area contributed by atoms with Crippen LogP contribution in [0.3, 0.4) is 0 Å². The van der Waals surface area contributed by atoms with E-state index < -0.39 is 0 Å². The second-order valence-corrected chi connectivity index (χ2v) is 5.77. The van der Waals surface area contributed by atoms with Crippen molar-refractivity contribution in [3.63, 3.8) is 0 Å². The Morgan fingerprint density at radius 2 is 1.33 bits per heavy atom. The van der Waals surface area contributed by atoms with Gasteiger partial charge in [0.1, 0.15) is 0 Å². The molecule has 89 valence electrons. The maximum atomic E-state index is 5.87. The number of hydrogen-bond acceptors (Lipinski definition) is 1. The topological polar surface area (TPSA) is 9.23 Å². The van der Waals surface area contributed by atoms with Crippen molar-refractivity contribution in [2.45, 2.75) is 77.7 Å². The molecule has 1 radical (unpaired) electrons. The van der Waals surface area contributed by atoms with Crippen LogP contribution in [0, 0.1) is 5.92 Å². The Balaban J connectivity index is 2.24. The SMILES string of the molecule is CC(C)(C)OC[C]1CCCCCCCC1. The van der Waals surface area contributed by atoms with E-state index in [9.17, 15) is 0 Å². The van der Waals surface area contributed by atoms with Crippen molar-refractivity contribution in [3.05, 3.63) is 5.92 Å². The van der Waals surface area contributed by atoms with E-state index in [0.29, 0.717) is 0 Å². The van der Waals surface area contributed by atoms with Crippen LogP contribution < -0.4 is 0 Å². The summed E-state index contributed by atoms with van der Waals surface area (Å²) in [7, 11) is 0. The van der Waals surface area contributed by atoms with Crippen molar-refractivity contribution in [2.75, 3.05) is 6.61 Å². The molecule has 0 spiro atoms. The zero-order valence-corrected chi connectivity index (χ0v) is 10.8. The van der Waals surface area contributed by atoms with E-state index in [4.69, 9.17) is 4.74 Å². The van der Waals surface area contributed by atoms with Crippen LogP contribution in [0.4, 0.5) is 0 Å². The first-order valence-corrected chi connectivity index (χ1v) is 6.55. The zero-order chi connectivity index (χ0) is 11.1. The predicted molar refractivity (Wildman–Crippen MR) is 65.9 cm³/mol. The highest BCUT2D eigenvalue weighted by atomic mass is 16.5. The quantitative estimate of drug-likeness (QED) is 0.653. The molecular formula is C14H27O. The third kappa shape index (κ3) is 6.94. The predicted octanol–water partition coefficient (Wildman–Crippen LogP) is 4.51. The highest BCUT2D eigenvalue weighted by Gasteiger charge is 2.16. The van der Waals surface area contributed by atoms with Gasteiger partial charge in [-0.25, -0.2) is 0 Å². The van der Waals surface area contributed by atoms with Gasteiger partial charge in [0.2, 0.25) is 0 Å². The van der Waals surface area contributed by atoms with Gasteiger partial charge < -0.3 is 4.74 Å². The highest BCUT2D eigenvalue weighted by Crippen LogP contribution is 2.25. The summed E-state index contributed by atoms with van der Waals surface area (Å²) in [4.78, 5) is 0. The van der Waals surface area contributed by atoms with Gasteiger partial charge in [0.15, 0.2) is 0 Å². The molecule has 0 aromatic rings. The summed E-state index contributed by atoms with van der Waals surface area (Å²) < 4.78 is 5.87. The maximum absolute atomic E-state index is 5.87. The van der Waals surface area contributed by atoms with Gasteiger partial charge in [-0.1, -0.05) is 38.5 Å². The van der Waals surface area contributed by atoms with Crippen molar-refractivity contribution in [1.29, 1.82) is 0 Å². The first-order valence-electron chi connectivity index (χ1n) is 6.55. The fourth-order valence-electron chi connectivity index (χ4n) is 2.05.